The predicted molar refractivity (Wildman–Crippen MR) is 133 cm³/mol. The quantitative estimate of drug-likeness (QED) is 0.421. The maximum absolute atomic E-state index is 12.9. The Morgan fingerprint density at radius 2 is 1.69 bits per heavy atom. The molecule has 0 radical (unpaired) electrons. The van der Waals surface area contributed by atoms with E-state index < -0.39 is 32.0 Å². The number of rotatable bonds is 9. The molecule has 186 valence electrons. The Morgan fingerprint density at radius 1 is 1.06 bits per heavy atom. The minimum atomic E-state index is -3.96. The van der Waals surface area contributed by atoms with Gasteiger partial charge in [-0.3, -0.25) is 9.10 Å². The molecule has 0 spiro atoms. The normalized spacial score (nSPS) is 12.5. The third-order valence-corrected chi connectivity index (χ3v) is 7.50. The highest BCUT2D eigenvalue weighted by molar-refractivity contribution is 7.92. The highest BCUT2D eigenvalue weighted by atomic mass is 35.5. The van der Waals surface area contributed by atoms with Gasteiger partial charge in [-0.2, -0.15) is 0 Å². The number of carbonyl (C=O) groups is 1. The van der Waals surface area contributed by atoms with Crippen molar-refractivity contribution in [2.75, 3.05) is 27.7 Å². The summed E-state index contributed by atoms with van der Waals surface area (Å²) in [6, 6.07) is 10.1. The number of ether oxygens (including phenoxy) is 1. The second kappa shape index (κ2) is 10.5. The van der Waals surface area contributed by atoms with Gasteiger partial charge in [-0.15, -0.1) is 0 Å². The maximum Gasteiger partial charge on any atom is 0.264 e. The van der Waals surface area contributed by atoms with E-state index in [4.69, 9.17) is 16.3 Å². The average molecular weight is 540 g/mol. The SMILES string of the molecule is COc1ccc(Cl)cc1N(C(C)C(=O)Nc1ccc(S(=O)(=O)Nc2ncccn2)cc1)S(C)(=O)=O. The number of hydrogen-bond donors (Lipinski definition) is 2. The van der Waals surface area contributed by atoms with Gasteiger partial charge in [-0.25, -0.2) is 31.5 Å². The highest BCUT2D eigenvalue weighted by Gasteiger charge is 2.31. The van der Waals surface area contributed by atoms with Crippen molar-refractivity contribution in [3.8, 4) is 5.75 Å². The predicted octanol–water partition coefficient (Wildman–Crippen LogP) is 2.73. The summed E-state index contributed by atoms with van der Waals surface area (Å²) in [6.07, 6.45) is 3.74. The van der Waals surface area contributed by atoms with Gasteiger partial charge in [0.2, 0.25) is 21.9 Å². The lowest BCUT2D eigenvalue weighted by atomic mass is 10.2. The molecule has 1 amide bonds. The first-order valence-corrected chi connectivity index (χ1v) is 13.7. The Morgan fingerprint density at radius 3 is 2.26 bits per heavy atom. The smallest absolute Gasteiger partial charge is 0.264 e. The van der Waals surface area contributed by atoms with Crippen LogP contribution in [0.25, 0.3) is 0 Å². The zero-order chi connectivity index (χ0) is 25.8. The van der Waals surface area contributed by atoms with Gasteiger partial charge in [0.25, 0.3) is 10.0 Å². The van der Waals surface area contributed by atoms with Crippen molar-refractivity contribution in [2.45, 2.75) is 17.9 Å². The van der Waals surface area contributed by atoms with E-state index in [9.17, 15) is 21.6 Å². The summed E-state index contributed by atoms with van der Waals surface area (Å²) in [5.74, 6) is -0.538. The minimum absolute atomic E-state index is 0.0857. The van der Waals surface area contributed by atoms with Gasteiger partial charge in [0, 0.05) is 23.1 Å². The molecule has 2 N–H and O–H groups in total. The number of nitrogens with one attached hydrogen (secondary N) is 2. The molecule has 11 nitrogen and oxygen atoms in total. The molecular weight excluding hydrogens is 518 g/mol. The summed E-state index contributed by atoms with van der Waals surface area (Å²) < 4.78 is 58.6. The molecule has 1 aromatic heterocycles. The minimum Gasteiger partial charge on any atom is -0.495 e. The molecule has 1 atom stereocenters. The Kier molecular flexibility index (Phi) is 7.83. The molecule has 0 fully saturated rings. The first-order chi connectivity index (χ1) is 16.4. The van der Waals surface area contributed by atoms with Crippen molar-refractivity contribution in [1.29, 1.82) is 0 Å². The number of halogens is 1. The number of carbonyl (C=O) groups excluding carboxylic acids is 1. The Bertz CT molecular complexity index is 1420. The molecule has 0 bridgehead atoms. The first kappa shape index (κ1) is 26.2. The molecule has 0 saturated carbocycles. The van der Waals surface area contributed by atoms with Crippen molar-refractivity contribution < 1.29 is 26.4 Å². The van der Waals surface area contributed by atoms with Crippen LogP contribution in [0.3, 0.4) is 0 Å². The van der Waals surface area contributed by atoms with Gasteiger partial charge in [0.15, 0.2) is 0 Å². The van der Waals surface area contributed by atoms with Crippen LogP contribution in [0.15, 0.2) is 65.8 Å². The number of nitrogens with zero attached hydrogens (tertiary/aromatic N) is 3. The van der Waals surface area contributed by atoms with E-state index in [1.165, 1.54) is 68.9 Å². The van der Waals surface area contributed by atoms with Crippen molar-refractivity contribution in [3.05, 3.63) is 65.9 Å². The number of anilines is 3. The van der Waals surface area contributed by atoms with Crippen LogP contribution in [0.5, 0.6) is 5.75 Å². The molecule has 1 unspecified atom stereocenters. The van der Waals surface area contributed by atoms with E-state index in [2.05, 4.69) is 20.0 Å². The van der Waals surface area contributed by atoms with Gasteiger partial charge in [-0.1, -0.05) is 11.6 Å². The summed E-state index contributed by atoms with van der Waals surface area (Å²) in [7, 11) is -6.52. The van der Waals surface area contributed by atoms with Crippen LogP contribution in [-0.2, 0) is 24.8 Å². The zero-order valence-corrected chi connectivity index (χ0v) is 21.2. The maximum atomic E-state index is 12.9. The molecule has 0 aliphatic rings. The van der Waals surface area contributed by atoms with E-state index in [0.29, 0.717) is 0 Å². The number of methoxy groups -OCH3 is 1. The average Bonchev–Trinajstić information content (AvgIpc) is 2.79. The zero-order valence-electron chi connectivity index (χ0n) is 18.8. The molecule has 3 aromatic rings. The van der Waals surface area contributed by atoms with E-state index in [0.717, 1.165) is 10.6 Å². The summed E-state index contributed by atoms with van der Waals surface area (Å²) in [6.45, 7) is 1.40. The second-order valence-electron chi connectivity index (χ2n) is 7.24. The van der Waals surface area contributed by atoms with E-state index >= 15 is 0 Å². The molecular formula is C21H22ClN5O6S2. The van der Waals surface area contributed by atoms with Crippen LogP contribution in [0.2, 0.25) is 5.02 Å². The number of sulfonamides is 2. The summed E-state index contributed by atoms with van der Waals surface area (Å²) in [5, 5.41) is 2.84. The highest BCUT2D eigenvalue weighted by Crippen LogP contribution is 2.34. The number of benzene rings is 2. The van der Waals surface area contributed by atoms with Crippen molar-refractivity contribution in [1.82, 2.24) is 9.97 Å². The van der Waals surface area contributed by atoms with E-state index in [-0.39, 0.29) is 33.0 Å². The number of aromatic nitrogens is 2. The largest absolute Gasteiger partial charge is 0.495 e. The number of hydrogen-bond acceptors (Lipinski definition) is 8. The standard InChI is InChI=1S/C21H22ClN5O6S2/c1-14(27(34(3,29)30)18-13-15(22)5-10-19(18)33-2)20(28)25-16-6-8-17(9-7-16)35(31,32)26-21-23-11-4-12-24-21/h4-14H,1-3H3,(H,25,28)(H,23,24,26). The van der Waals surface area contributed by atoms with Gasteiger partial charge in [-0.05, 0) is 55.5 Å². The van der Waals surface area contributed by atoms with Crippen molar-refractivity contribution >= 4 is 54.9 Å². The molecule has 3 rings (SSSR count). The molecule has 14 heteroatoms. The molecule has 1 heterocycles. The summed E-state index contributed by atoms with van der Waals surface area (Å²) in [5.41, 5.74) is 0.351. The summed E-state index contributed by atoms with van der Waals surface area (Å²) >= 11 is 6.05. The fourth-order valence-electron chi connectivity index (χ4n) is 3.11. The number of amides is 1. The third-order valence-electron chi connectivity index (χ3n) is 4.69. The van der Waals surface area contributed by atoms with Gasteiger partial charge < -0.3 is 10.1 Å². The molecule has 0 saturated heterocycles. The van der Waals surface area contributed by atoms with Crippen LogP contribution < -0.4 is 19.1 Å². The van der Waals surface area contributed by atoms with Crippen LogP contribution in [-0.4, -0.2) is 52.1 Å². The van der Waals surface area contributed by atoms with E-state index in [1.54, 1.807) is 6.07 Å². The second-order valence-corrected chi connectivity index (χ2v) is 11.2. The Hall–Kier alpha value is -3.42. The van der Waals surface area contributed by atoms with Crippen LogP contribution >= 0.6 is 11.6 Å². The molecule has 0 aliphatic heterocycles. The Labute approximate surface area is 208 Å². The molecule has 2 aromatic carbocycles. The third kappa shape index (κ3) is 6.38. The lowest BCUT2D eigenvalue weighted by Crippen LogP contribution is -2.45. The molecule has 0 aliphatic carbocycles. The van der Waals surface area contributed by atoms with Gasteiger partial charge >= 0.3 is 0 Å². The fraction of sp³-hybridized carbons (Fsp3) is 0.190. The lowest BCUT2D eigenvalue weighted by molar-refractivity contribution is -0.116. The monoisotopic (exact) mass is 539 g/mol. The van der Waals surface area contributed by atoms with E-state index in [1.807, 2.05) is 0 Å². The molecule has 35 heavy (non-hydrogen) atoms. The van der Waals surface area contributed by atoms with Crippen molar-refractivity contribution in [3.63, 3.8) is 0 Å². The first-order valence-electron chi connectivity index (χ1n) is 9.96. The topological polar surface area (TPSA) is 148 Å². The summed E-state index contributed by atoms with van der Waals surface area (Å²) in [4.78, 5) is 20.5. The Balaban J connectivity index is 1.81. The van der Waals surface area contributed by atoms with Gasteiger partial charge in [0.05, 0.1) is 23.9 Å². The fourth-order valence-corrected chi connectivity index (χ4v) is 5.41. The van der Waals surface area contributed by atoms with Crippen LogP contribution in [0, 0.1) is 0 Å². The van der Waals surface area contributed by atoms with Crippen LogP contribution in [0.4, 0.5) is 17.3 Å². The van der Waals surface area contributed by atoms with Crippen LogP contribution in [0.1, 0.15) is 6.92 Å². The van der Waals surface area contributed by atoms with Gasteiger partial charge in [0.1, 0.15) is 11.8 Å². The van der Waals surface area contributed by atoms with Crippen molar-refractivity contribution in [2.24, 2.45) is 0 Å². The lowest BCUT2D eigenvalue weighted by Gasteiger charge is -2.29.